The summed E-state index contributed by atoms with van der Waals surface area (Å²) in [6.45, 7) is 0.278. The third-order valence-electron chi connectivity index (χ3n) is 4.19. The first kappa shape index (κ1) is 22.9. The molecule has 1 aromatic heterocycles. The lowest BCUT2D eigenvalue weighted by Gasteiger charge is -2.08. The van der Waals surface area contributed by atoms with Crippen molar-refractivity contribution >= 4 is 29.7 Å². The van der Waals surface area contributed by atoms with Gasteiger partial charge in [-0.15, -0.1) is 0 Å². The number of rotatable bonds is 9. The Morgan fingerprint density at radius 2 is 1.78 bits per heavy atom. The molecule has 0 saturated carbocycles. The fourth-order valence-electron chi connectivity index (χ4n) is 2.63. The molecule has 0 aliphatic rings. The van der Waals surface area contributed by atoms with Gasteiger partial charge in [0.15, 0.2) is 0 Å². The molecule has 10 heteroatoms. The van der Waals surface area contributed by atoms with Crippen LogP contribution in [0.15, 0.2) is 65.8 Å². The van der Waals surface area contributed by atoms with Crippen LogP contribution in [0.4, 0.5) is 5.82 Å². The van der Waals surface area contributed by atoms with Gasteiger partial charge in [-0.3, -0.25) is 9.59 Å². The number of benzene rings is 2. The SMILES string of the molecule is COOSc1ccc(CC(=O)Nc2cc(C(=O)NCc3ccc(C#N)cc3)ncn2)cc1. The molecule has 0 saturated heterocycles. The smallest absolute Gasteiger partial charge is 0.270 e. The highest BCUT2D eigenvalue weighted by molar-refractivity contribution is 7.94. The molecule has 2 amide bonds. The normalized spacial score (nSPS) is 10.2. The lowest BCUT2D eigenvalue weighted by molar-refractivity contribution is -0.160. The van der Waals surface area contributed by atoms with Gasteiger partial charge in [-0.1, -0.05) is 24.3 Å². The Morgan fingerprint density at radius 3 is 2.47 bits per heavy atom. The summed E-state index contributed by atoms with van der Waals surface area (Å²) in [6.07, 6.45) is 1.36. The second-order valence-corrected chi connectivity index (χ2v) is 7.24. The van der Waals surface area contributed by atoms with Crippen molar-refractivity contribution in [1.82, 2.24) is 15.3 Å². The number of hydrogen-bond acceptors (Lipinski definition) is 8. The van der Waals surface area contributed by atoms with Crippen molar-refractivity contribution < 1.29 is 18.8 Å². The highest BCUT2D eigenvalue weighted by Gasteiger charge is 2.11. The van der Waals surface area contributed by atoms with Gasteiger partial charge >= 0.3 is 0 Å². The van der Waals surface area contributed by atoms with Crippen molar-refractivity contribution in [2.24, 2.45) is 0 Å². The van der Waals surface area contributed by atoms with Crippen molar-refractivity contribution in [2.75, 3.05) is 12.4 Å². The van der Waals surface area contributed by atoms with Crippen LogP contribution < -0.4 is 10.6 Å². The molecule has 0 unspecified atom stereocenters. The molecule has 0 aliphatic heterocycles. The van der Waals surface area contributed by atoms with E-state index in [1.807, 2.05) is 30.3 Å². The van der Waals surface area contributed by atoms with Gasteiger partial charge in [0.25, 0.3) is 5.91 Å². The zero-order chi connectivity index (χ0) is 22.8. The van der Waals surface area contributed by atoms with E-state index in [0.29, 0.717) is 5.56 Å². The van der Waals surface area contributed by atoms with Gasteiger partial charge in [-0.05, 0) is 35.4 Å². The van der Waals surface area contributed by atoms with Crippen LogP contribution in [-0.2, 0) is 27.0 Å². The average molecular weight is 449 g/mol. The predicted octanol–water partition coefficient (Wildman–Crippen LogP) is 3.04. The number of carbonyl (C=O) groups excluding carboxylic acids is 2. The van der Waals surface area contributed by atoms with E-state index in [1.165, 1.54) is 19.5 Å². The number of nitriles is 1. The number of amides is 2. The van der Waals surface area contributed by atoms with Gasteiger partial charge in [-0.25, -0.2) is 14.9 Å². The molecule has 32 heavy (non-hydrogen) atoms. The highest BCUT2D eigenvalue weighted by Crippen LogP contribution is 2.19. The van der Waals surface area contributed by atoms with E-state index < -0.39 is 5.91 Å². The van der Waals surface area contributed by atoms with Crippen LogP contribution in [0.5, 0.6) is 0 Å². The molecule has 0 radical (unpaired) electrons. The first-order valence-electron chi connectivity index (χ1n) is 9.43. The molecular formula is C22H19N5O4S. The molecule has 0 spiro atoms. The molecule has 3 rings (SSSR count). The van der Waals surface area contributed by atoms with E-state index >= 15 is 0 Å². The van der Waals surface area contributed by atoms with Crippen molar-refractivity contribution in [3.05, 3.63) is 83.3 Å². The van der Waals surface area contributed by atoms with Crippen LogP contribution in [0.1, 0.15) is 27.2 Å². The molecular weight excluding hydrogens is 430 g/mol. The molecule has 0 bridgehead atoms. The zero-order valence-electron chi connectivity index (χ0n) is 17.1. The number of aromatic nitrogens is 2. The van der Waals surface area contributed by atoms with Crippen molar-refractivity contribution in [1.29, 1.82) is 5.26 Å². The van der Waals surface area contributed by atoms with Crippen molar-refractivity contribution in [3.8, 4) is 6.07 Å². The minimum absolute atomic E-state index is 0.128. The number of nitrogens with one attached hydrogen (secondary N) is 2. The summed E-state index contributed by atoms with van der Waals surface area (Å²) in [4.78, 5) is 38.1. The van der Waals surface area contributed by atoms with E-state index in [4.69, 9.17) is 9.60 Å². The Labute approximate surface area is 188 Å². The Balaban J connectivity index is 1.53. The fourth-order valence-corrected chi connectivity index (χ4v) is 3.02. The van der Waals surface area contributed by atoms with E-state index in [2.05, 4.69) is 25.5 Å². The third kappa shape index (κ3) is 6.88. The zero-order valence-corrected chi connectivity index (χ0v) is 17.9. The van der Waals surface area contributed by atoms with Gasteiger partial charge in [0, 0.05) is 17.5 Å². The minimum atomic E-state index is -0.404. The van der Waals surface area contributed by atoms with Crippen LogP contribution in [0, 0.1) is 11.3 Å². The molecule has 2 aromatic carbocycles. The molecule has 9 nitrogen and oxygen atoms in total. The summed E-state index contributed by atoms with van der Waals surface area (Å²) in [7, 11) is 1.42. The Bertz CT molecular complexity index is 1110. The standard InChI is InChI=1S/C22H19N5O4S/c1-30-31-32-18-8-6-15(7-9-18)10-21(28)27-20-11-19(25-14-26-20)22(29)24-13-17-4-2-16(12-23)3-5-17/h2-9,11,14H,10,13H2,1H3,(H,24,29)(H,25,26,27,28). The summed E-state index contributed by atoms with van der Waals surface area (Å²) in [5.41, 5.74) is 2.33. The quantitative estimate of drug-likeness (QED) is 0.290. The van der Waals surface area contributed by atoms with Crippen LogP contribution in [0.25, 0.3) is 0 Å². The maximum Gasteiger partial charge on any atom is 0.270 e. The molecule has 3 aromatic rings. The summed E-state index contributed by atoms with van der Waals surface area (Å²) in [5, 5.41) is 14.2. The van der Waals surface area contributed by atoms with E-state index in [0.717, 1.165) is 28.1 Å². The van der Waals surface area contributed by atoms with Gasteiger partial charge in [0.05, 0.1) is 37.2 Å². The third-order valence-corrected chi connectivity index (χ3v) is 4.86. The number of hydrogen-bond donors (Lipinski definition) is 2. The van der Waals surface area contributed by atoms with Crippen LogP contribution in [0.3, 0.4) is 0 Å². The lowest BCUT2D eigenvalue weighted by atomic mass is 10.1. The summed E-state index contributed by atoms with van der Waals surface area (Å²) in [6, 6.07) is 17.6. The molecule has 0 aliphatic carbocycles. The van der Waals surface area contributed by atoms with E-state index in [-0.39, 0.29) is 30.4 Å². The van der Waals surface area contributed by atoms with Crippen LogP contribution in [-0.4, -0.2) is 28.9 Å². The van der Waals surface area contributed by atoms with Crippen LogP contribution in [0.2, 0.25) is 0 Å². The predicted molar refractivity (Wildman–Crippen MR) is 117 cm³/mol. The summed E-state index contributed by atoms with van der Waals surface area (Å²) in [5.74, 6) is -0.450. The fraction of sp³-hybridized carbons (Fsp3) is 0.136. The first-order chi connectivity index (χ1) is 15.6. The number of carbonyl (C=O) groups is 2. The summed E-state index contributed by atoms with van der Waals surface area (Å²) < 4.78 is 4.78. The van der Waals surface area contributed by atoms with E-state index in [9.17, 15) is 9.59 Å². The maximum absolute atomic E-state index is 12.4. The van der Waals surface area contributed by atoms with Crippen molar-refractivity contribution in [2.45, 2.75) is 17.9 Å². The van der Waals surface area contributed by atoms with Gasteiger partial charge < -0.3 is 10.6 Å². The Hall–Kier alpha value is -3.78. The van der Waals surface area contributed by atoms with E-state index in [1.54, 1.807) is 24.3 Å². The van der Waals surface area contributed by atoms with Crippen LogP contribution >= 0.6 is 12.0 Å². The summed E-state index contributed by atoms with van der Waals surface area (Å²) >= 11 is 1.07. The highest BCUT2D eigenvalue weighted by atomic mass is 32.2. The maximum atomic E-state index is 12.4. The largest absolute Gasteiger partial charge is 0.347 e. The van der Waals surface area contributed by atoms with Crippen molar-refractivity contribution in [3.63, 3.8) is 0 Å². The molecule has 0 fully saturated rings. The molecule has 0 atom stereocenters. The van der Waals surface area contributed by atoms with Gasteiger partial charge in [-0.2, -0.15) is 9.60 Å². The topological polar surface area (TPSA) is 126 Å². The number of nitrogens with zero attached hydrogens (tertiary/aromatic N) is 3. The van der Waals surface area contributed by atoms with Gasteiger partial charge in [0.2, 0.25) is 5.91 Å². The second-order valence-electron chi connectivity index (χ2n) is 6.47. The number of anilines is 1. The average Bonchev–Trinajstić information content (AvgIpc) is 2.82. The van der Waals surface area contributed by atoms with Gasteiger partial charge in [0.1, 0.15) is 17.8 Å². The Kier molecular flexibility index (Phi) is 8.28. The monoisotopic (exact) mass is 449 g/mol. The lowest BCUT2D eigenvalue weighted by Crippen LogP contribution is -2.24. The molecule has 2 N–H and O–H groups in total. The minimum Gasteiger partial charge on any atom is -0.347 e. The second kappa shape index (κ2) is 11.6. The Morgan fingerprint density at radius 1 is 1.06 bits per heavy atom. The first-order valence-corrected chi connectivity index (χ1v) is 10.2. The molecule has 162 valence electrons. The molecule has 1 heterocycles.